The van der Waals surface area contributed by atoms with Crippen molar-refractivity contribution in [2.75, 3.05) is 11.9 Å². The molecule has 7 nitrogen and oxygen atoms in total. The molecular weight excluding hydrogens is 462 g/mol. The van der Waals surface area contributed by atoms with E-state index >= 15 is 0 Å². The van der Waals surface area contributed by atoms with E-state index < -0.39 is 11.1 Å². The maximum atomic E-state index is 13.3. The molecule has 3 aliphatic rings. The van der Waals surface area contributed by atoms with Gasteiger partial charge in [0.1, 0.15) is 11.5 Å². The van der Waals surface area contributed by atoms with E-state index in [2.05, 4.69) is 16.4 Å². The lowest BCUT2D eigenvalue weighted by Crippen LogP contribution is -2.43. The number of aliphatic imine (C=N–C) groups is 1. The first kappa shape index (κ1) is 23.3. The Morgan fingerprint density at radius 1 is 1.08 bits per heavy atom. The second kappa shape index (κ2) is 8.47. The highest BCUT2D eigenvalue weighted by Crippen LogP contribution is 2.46. The summed E-state index contributed by atoms with van der Waals surface area (Å²) in [5.74, 6) is 0.663. The summed E-state index contributed by atoms with van der Waals surface area (Å²) in [7, 11) is 0. The summed E-state index contributed by atoms with van der Waals surface area (Å²) in [5.41, 5.74) is 4.13. The van der Waals surface area contributed by atoms with E-state index in [-0.39, 0.29) is 17.7 Å². The molecule has 2 atom stereocenters. The maximum absolute atomic E-state index is 13.3. The lowest BCUT2D eigenvalue weighted by molar-refractivity contribution is -0.127. The third-order valence-corrected chi connectivity index (χ3v) is 7.83. The van der Waals surface area contributed by atoms with Crippen LogP contribution in [-0.4, -0.2) is 38.9 Å². The first-order valence-corrected chi connectivity index (χ1v) is 12.7. The normalized spacial score (nSPS) is 24.2. The number of pyridine rings is 2. The van der Waals surface area contributed by atoms with E-state index in [1.165, 1.54) is 0 Å². The van der Waals surface area contributed by atoms with Crippen LogP contribution in [0.25, 0.3) is 6.08 Å². The third-order valence-electron chi connectivity index (χ3n) is 7.83. The summed E-state index contributed by atoms with van der Waals surface area (Å²) in [6.45, 7) is 6.43. The summed E-state index contributed by atoms with van der Waals surface area (Å²) in [6, 6.07) is 15.9. The molecule has 0 bridgehead atoms. The van der Waals surface area contributed by atoms with Crippen LogP contribution in [0.4, 0.5) is 5.82 Å². The summed E-state index contributed by atoms with van der Waals surface area (Å²) >= 11 is 0. The van der Waals surface area contributed by atoms with Crippen LogP contribution in [0.1, 0.15) is 48.7 Å². The Morgan fingerprint density at radius 3 is 2.68 bits per heavy atom. The number of nitrogens with zero attached hydrogens (tertiary/aromatic N) is 4. The molecule has 0 fully saturated rings. The number of nitrogens with one attached hydrogen (secondary N) is 1. The second-order valence-electron chi connectivity index (χ2n) is 10.5. The SMILES string of the molecule is CC(C)C1=N[C@@](C)(c2ccccc2)N(C/C=C/c2cnc3c(c2)C[C@@]2(C3)C(=O)Nc3ncccc32)C1=O. The van der Waals surface area contributed by atoms with Gasteiger partial charge in [-0.25, -0.2) is 4.98 Å². The fourth-order valence-corrected chi connectivity index (χ4v) is 5.81. The molecule has 186 valence electrons. The van der Waals surface area contributed by atoms with Crippen molar-refractivity contribution in [1.82, 2.24) is 14.9 Å². The van der Waals surface area contributed by atoms with Crippen molar-refractivity contribution in [3.63, 3.8) is 0 Å². The first-order chi connectivity index (χ1) is 17.8. The zero-order valence-corrected chi connectivity index (χ0v) is 21.2. The Hall–Kier alpha value is -4.13. The zero-order chi connectivity index (χ0) is 25.8. The monoisotopic (exact) mass is 491 g/mol. The van der Waals surface area contributed by atoms with Crippen LogP contribution < -0.4 is 5.32 Å². The molecule has 2 amide bonds. The van der Waals surface area contributed by atoms with E-state index in [0.29, 0.717) is 30.9 Å². The Balaban J connectivity index is 1.24. The number of rotatable bonds is 5. The zero-order valence-electron chi connectivity index (χ0n) is 21.2. The van der Waals surface area contributed by atoms with Crippen LogP contribution in [0.5, 0.6) is 0 Å². The smallest absolute Gasteiger partial charge is 0.270 e. The molecule has 1 spiro atoms. The minimum atomic E-state index is -0.748. The van der Waals surface area contributed by atoms with Crippen molar-refractivity contribution < 1.29 is 9.59 Å². The molecule has 1 N–H and O–H groups in total. The Kier molecular flexibility index (Phi) is 5.33. The number of benzene rings is 1. The lowest BCUT2D eigenvalue weighted by atomic mass is 9.80. The van der Waals surface area contributed by atoms with Gasteiger partial charge in [0.2, 0.25) is 5.91 Å². The van der Waals surface area contributed by atoms with E-state index in [1.54, 1.807) is 6.20 Å². The number of hydrogen-bond donors (Lipinski definition) is 1. The van der Waals surface area contributed by atoms with E-state index in [0.717, 1.165) is 27.9 Å². The van der Waals surface area contributed by atoms with Crippen LogP contribution in [0.2, 0.25) is 0 Å². The van der Waals surface area contributed by atoms with Gasteiger partial charge in [0, 0.05) is 42.5 Å². The molecule has 4 heterocycles. The number of carbonyl (C=O) groups is 2. The summed E-state index contributed by atoms with van der Waals surface area (Å²) in [4.78, 5) is 42.1. The van der Waals surface area contributed by atoms with Gasteiger partial charge in [0.15, 0.2) is 5.66 Å². The minimum Gasteiger partial charge on any atom is -0.310 e. The van der Waals surface area contributed by atoms with Crippen molar-refractivity contribution in [3.8, 4) is 0 Å². The van der Waals surface area contributed by atoms with Gasteiger partial charge >= 0.3 is 0 Å². The topological polar surface area (TPSA) is 87.6 Å². The highest BCUT2D eigenvalue weighted by molar-refractivity contribution is 6.41. The molecule has 6 rings (SSSR count). The predicted octanol–water partition coefficient (Wildman–Crippen LogP) is 4.29. The molecule has 7 heteroatoms. The molecule has 37 heavy (non-hydrogen) atoms. The van der Waals surface area contributed by atoms with Gasteiger partial charge in [-0.1, -0.05) is 62.4 Å². The molecule has 1 aromatic carbocycles. The molecular formula is C30H29N5O2. The average molecular weight is 492 g/mol. The molecule has 0 radical (unpaired) electrons. The van der Waals surface area contributed by atoms with Crippen molar-refractivity contribution in [2.45, 2.75) is 44.7 Å². The quantitative estimate of drug-likeness (QED) is 0.577. The highest BCUT2D eigenvalue weighted by Gasteiger charge is 2.51. The number of hydrogen-bond acceptors (Lipinski definition) is 5. The highest BCUT2D eigenvalue weighted by atomic mass is 16.2. The van der Waals surface area contributed by atoms with Crippen LogP contribution in [0.3, 0.4) is 0 Å². The van der Waals surface area contributed by atoms with Gasteiger partial charge in [-0.3, -0.25) is 19.6 Å². The largest absolute Gasteiger partial charge is 0.310 e. The third kappa shape index (κ3) is 3.60. The summed E-state index contributed by atoms with van der Waals surface area (Å²) in [6.07, 6.45) is 8.70. The lowest BCUT2D eigenvalue weighted by Gasteiger charge is -2.32. The van der Waals surface area contributed by atoms with E-state index in [4.69, 9.17) is 9.98 Å². The number of carbonyl (C=O) groups excluding carboxylic acids is 2. The average Bonchev–Trinajstić information content (AvgIpc) is 3.50. The van der Waals surface area contributed by atoms with Gasteiger partial charge in [-0.05, 0) is 42.2 Å². The molecule has 2 aromatic heterocycles. The number of anilines is 1. The standard InChI is InChI=1S/C30H29N5O2/c1-19(2)25-27(36)35(29(3,34-25)22-10-5-4-6-11-22)14-8-9-20-15-21-16-30(17-24(21)32-18-20)23-12-7-13-31-26(23)33-28(30)37/h4-13,15,18-19H,14,16-17H2,1-3H3,(H,31,33,37)/b9-8+/t29-,30+/m1/s1. The molecule has 0 saturated heterocycles. The fraction of sp³-hybridized carbons (Fsp3) is 0.300. The predicted molar refractivity (Wildman–Crippen MR) is 143 cm³/mol. The van der Waals surface area contributed by atoms with Gasteiger partial charge in [0.25, 0.3) is 5.91 Å². The van der Waals surface area contributed by atoms with Crippen molar-refractivity contribution >= 4 is 29.4 Å². The van der Waals surface area contributed by atoms with Crippen LogP contribution in [0, 0.1) is 5.92 Å². The Morgan fingerprint density at radius 2 is 1.89 bits per heavy atom. The molecule has 0 saturated carbocycles. The molecule has 3 aromatic rings. The second-order valence-corrected chi connectivity index (χ2v) is 10.5. The van der Waals surface area contributed by atoms with Crippen LogP contribution in [-0.2, 0) is 33.5 Å². The van der Waals surface area contributed by atoms with E-state index in [9.17, 15) is 9.59 Å². The van der Waals surface area contributed by atoms with Gasteiger partial charge in [0.05, 0.1) is 5.41 Å². The van der Waals surface area contributed by atoms with Gasteiger partial charge < -0.3 is 10.2 Å². The van der Waals surface area contributed by atoms with Crippen LogP contribution in [0.15, 0.2) is 72.0 Å². The summed E-state index contributed by atoms with van der Waals surface area (Å²) < 4.78 is 0. The Labute approximate surface area is 216 Å². The summed E-state index contributed by atoms with van der Waals surface area (Å²) in [5, 5.41) is 2.94. The van der Waals surface area contributed by atoms with Crippen molar-refractivity contribution in [3.05, 3.63) is 94.9 Å². The molecule has 0 unspecified atom stereocenters. The minimum absolute atomic E-state index is 0.00927. The van der Waals surface area contributed by atoms with E-state index in [1.807, 2.05) is 86.5 Å². The maximum Gasteiger partial charge on any atom is 0.270 e. The Bertz CT molecular complexity index is 1480. The molecule has 1 aliphatic carbocycles. The number of aromatic nitrogens is 2. The number of fused-ring (bicyclic) bond motifs is 3. The van der Waals surface area contributed by atoms with Gasteiger partial charge in [-0.2, -0.15) is 0 Å². The fourth-order valence-electron chi connectivity index (χ4n) is 5.81. The van der Waals surface area contributed by atoms with Crippen molar-refractivity contribution in [2.24, 2.45) is 10.9 Å². The molecule has 2 aliphatic heterocycles. The van der Waals surface area contributed by atoms with Crippen molar-refractivity contribution in [1.29, 1.82) is 0 Å². The number of amides is 2. The van der Waals surface area contributed by atoms with Crippen LogP contribution >= 0.6 is 0 Å². The van der Waals surface area contributed by atoms with Gasteiger partial charge in [-0.15, -0.1) is 0 Å². The first-order valence-electron chi connectivity index (χ1n) is 12.7.